The van der Waals surface area contributed by atoms with E-state index in [1.54, 1.807) is 0 Å². The minimum Gasteiger partial charge on any atom is -0.390 e. The Bertz CT molecular complexity index is 179. The van der Waals surface area contributed by atoms with Crippen molar-refractivity contribution in [3.8, 4) is 0 Å². The summed E-state index contributed by atoms with van der Waals surface area (Å²) < 4.78 is 0. The third-order valence-corrected chi connectivity index (χ3v) is 5.25. The third-order valence-electron chi connectivity index (χ3n) is 3.67. The summed E-state index contributed by atoms with van der Waals surface area (Å²) in [6, 6.07) is 0. The van der Waals surface area contributed by atoms with Gasteiger partial charge in [-0.25, -0.2) is 0 Å². The maximum Gasteiger partial charge on any atom is 0.0691 e. The number of hydrogen-bond acceptors (Lipinski definition) is 2. The van der Waals surface area contributed by atoms with Gasteiger partial charge in [0.25, 0.3) is 0 Å². The number of aliphatic hydroxyl groups is 1. The molecule has 13 heavy (non-hydrogen) atoms. The Morgan fingerprint density at radius 2 is 1.77 bits per heavy atom. The summed E-state index contributed by atoms with van der Waals surface area (Å²) in [5, 5.41) is 11.9. The van der Waals surface area contributed by atoms with E-state index in [0.717, 1.165) is 23.3 Å². The lowest BCUT2D eigenvalue weighted by Gasteiger charge is -2.46. The highest BCUT2D eigenvalue weighted by molar-refractivity contribution is 8.00. The van der Waals surface area contributed by atoms with Gasteiger partial charge in [-0.3, -0.25) is 0 Å². The average molecular weight is 200 g/mol. The van der Waals surface area contributed by atoms with Crippen LogP contribution in [0.3, 0.4) is 0 Å². The first kappa shape index (κ1) is 9.85. The molecule has 1 nitrogen and oxygen atoms in total. The van der Waals surface area contributed by atoms with Crippen molar-refractivity contribution >= 4 is 11.8 Å². The lowest BCUT2D eigenvalue weighted by atomic mass is 9.78. The Hall–Kier alpha value is 0.310. The number of hydrogen-bond donors (Lipinski definition) is 1. The number of fused-ring (bicyclic) bond motifs is 2. The van der Waals surface area contributed by atoms with E-state index in [1.165, 1.54) is 19.3 Å². The van der Waals surface area contributed by atoms with Gasteiger partial charge in [0.15, 0.2) is 0 Å². The van der Waals surface area contributed by atoms with Crippen molar-refractivity contribution in [2.24, 2.45) is 5.92 Å². The first-order valence-electron chi connectivity index (χ1n) is 5.48. The third kappa shape index (κ3) is 1.89. The molecule has 0 aromatic carbocycles. The minimum absolute atomic E-state index is 0.346. The molecule has 2 saturated heterocycles. The molecule has 0 radical (unpaired) electrons. The van der Waals surface area contributed by atoms with E-state index in [2.05, 4.69) is 25.6 Å². The molecule has 0 spiro atoms. The minimum atomic E-state index is -0.346. The zero-order valence-electron chi connectivity index (χ0n) is 8.62. The summed E-state index contributed by atoms with van der Waals surface area (Å²) in [6.45, 7) is 4.32. The molecule has 2 aliphatic heterocycles. The summed E-state index contributed by atoms with van der Waals surface area (Å²) in [4.78, 5) is 0. The molecule has 0 aromatic rings. The SMILES string of the molecule is CC(C)C1(O)CC2CCCC(C1)S2. The summed E-state index contributed by atoms with van der Waals surface area (Å²) in [5.74, 6) is 0.427. The summed E-state index contributed by atoms with van der Waals surface area (Å²) in [6.07, 6.45) is 6.11. The monoisotopic (exact) mass is 200 g/mol. The average Bonchev–Trinajstić information content (AvgIpc) is 2.02. The van der Waals surface area contributed by atoms with Crippen LogP contribution in [0, 0.1) is 5.92 Å². The summed E-state index contributed by atoms with van der Waals surface area (Å²) in [7, 11) is 0. The first-order chi connectivity index (χ1) is 6.10. The van der Waals surface area contributed by atoms with Crippen molar-refractivity contribution in [1.82, 2.24) is 0 Å². The zero-order chi connectivity index (χ0) is 9.47. The highest BCUT2D eigenvalue weighted by atomic mass is 32.2. The number of rotatable bonds is 1. The fourth-order valence-corrected chi connectivity index (χ4v) is 4.54. The summed E-state index contributed by atoms with van der Waals surface area (Å²) in [5.41, 5.74) is -0.346. The smallest absolute Gasteiger partial charge is 0.0691 e. The van der Waals surface area contributed by atoms with Crippen LogP contribution < -0.4 is 0 Å². The van der Waals surface area contributed by atoms with Gasteiger partial charge in [-0.15, -0.1) is 0 Å². The molecule has 76 valence electrons. The molecule has 2 fully saturated rings. The van der Waals surface area contributed by atoms with Gasteiger partial charge in [0.2, 0.25) is 0 Å². The molecule has 1 N–H and O–H groups in total. The van der Waals surface area contributed by atoms with Crippen molar-refractivity contribution < 1.29 is 5.11 Å². The maximum absolute atomic E-state index is 10.4. The van der Waals surface area contributed by atoms with Crippen LogP contribution in [0.15, 0.2) is 0 Å². The summed E-state index contributed by atoms with van der Waals surface area (Å²) >= 11 is 2.13. The maximum atomic E-state index is 10.4. The fourth-order valence-electron chi connectivity index (χ4n) is 2.63. The second-order valence-electron chi connectivity index (χ2n) is 4.98. The molecule has 2 heteroatoms. The second kappa shape index (κ2) is 3.47. The largest absolute Gasteiger partial charge is 0.390 e. The molecule has 0 amide bonds. The van der Waals surface area contributed by atoms with Crippen molar-refractivity contribution in [2.45, 2.75) is 62.1 Å². The van der Waals surface area contributed by atoms with Crippen molar-refractivity contribution in [3.05, 3.63) is 0 Å². The van der Waals surface area contributed by atoms with Crippen LogP contribution in [0.4, 0.5) is 0 Å². The molecule has 0 aromatic heterocycles. The van der Waals surface area contributed by atoms with Gasteiger partial charge in [-0.1, -0.05) is 20.3 Å². The Morgan fingerprint density at radius 1 is 1.23 bits per heavy atom. The van der Waals surface area contributed by atoms with E-state index < -0.39 is 0 Å². The topological polar surface area (TPSA) is 20.2 Å². The molecule has 2 rings (SSSR count). The van der Waals surface area contributed by atoms with Crippen LogP contribution in [0.25, 0.3) is 0 Å². The second-order valence-corrected chi connectivity index (χ2v) is 6.58. The van der Waals surface area contributed by atoms with Crippen LogP contribution in [0.2, 0.25) is 0 Å². The molecule has 0 saturated carbocycles. The van der Waals surface area contributed by atoms with E-state index in [4.69, 9.17) is 0 Å². The van der Waals surface area contributed by atoms with Crippen LogP contribution >= 0.6 is 11.8 Å². The lowest BCUT2D eigenvalue weighted by molar-refractivity contribution is -0.0291. The molecule has 0 aliphatic carbocycles. The Labute approximate surface area is 85.3 Å². The Morgan fingerprint density at radius 3 is 2.23 bits per heavy atom. The quantitative estimate of drug-likeness (QED) is 0.702. The highest BCUT2D eigenvalue weighted by Gasteiger charge is 2.42. The van der Waals surface area contributed by atoms with Gasteiger partial charge in [0, 0.05) is 10.5 Å². The van der Waals surface area contributed by atoms with Gasteiger partial charge in [0.1, 0.15) is 0 Å². The van der Waals surface area contributed by atoms with E-state index in [-0.39, 0.29) is 5.60 Å². The van der Waals surface area contributed by atoms with Crippen molar-refractivity contribution in [3.63, 3.8) is 0 Å². The van der Waals surface area contributed by atoms with Crippen LogP contribution in [0.5, 0.6) is 0 Å². The van der Waals surface area contributed by atoms with Crippen LogP contribution in [-0.2, 0) is 0 Å². The number of thioether (sulfide) groups is 1. The first-order valence-corrected chi connectivity index (χ1v) is 6.42. The molecule has 2 aliphatic rings. The van der Waals surface area contributed by atoms with Gasteiger partial charge in [-0.2, -0.15) is 11.8 Å². The van der Waals surface area contributed by atoms with Gasteiger partial charge in [0.05, 0.1) is 5.60 Å². The molecule has 2 atom stereocenters. The van der Waals surface area contributed by atoms with Gasteiger partial charge < -0.3 is 5.11 Å². The van der Waals surface area contributed by atoms with Gasteiger partial charge in [-0.05, 0) is 31.6 Å². The standard InChI is InChI=1S/C11H20OS/c1-8(2)11(12)6-9-4-3-5-10(7-11)13-9/h8-10,12H,3-7H2,1-2H3. The molecule has 2 heterocycles. The molecule has 2 unspecified atom stereocenters. The normalized spacial score (nSPS) is 45.2. The predicted octanol–water partition coefficient (Wildman–Crippen LogP) is 2.82. The van der Waals surface area contributed by atoms with E-state index in [0.29, 0.717) is 5.92 Å². The fraction of sp³-hybridized carbons (Fsp3) is 1.00. The van der Waals surface area contributed by atoms with Crippen LogP contribution in [0.1, 0.15) is 46.0 Å². The zero-order valence-corrected chi connectivity index (χ0v) is 9.44. The van der Waals surface area contributed by atoms with Crippen molar-refractivity contribution in [1.29, 1.82) is 0 Å². The van der Waals surface area contributed by atoms with E-state index in [9.17, 15) is 5.11 Å². The predicted molar refractivity (Wildman–Crippen MR) is 58.0 cm³/mol. The Kier molecular flexibility index (Phi) is 2.63. The Balaban J connectivity index is 2.08. The van der Waals surface area contributed by atoms with E-state index >= 15 is 0 Å². The molecular weight excluding hydrogens is 180 g/mol. The van der Waals surface area contributed by atoms with Crippen LogP contribution in [-0.4, -0.2) is 21.2 Å². The highest BCUT2D eigenvalue weighted by Crippen LogP contribution is 2.47. The molecule has 2 bridgehead atoms. The lowest BCUT2D eigenvalue weighted by Crippen LogP contribution is -2.46. The van der Waals surface area contributed by atoms with E-state index in [1.807, 2.05) is 0 Å². The molecular formula is C11H20OS. The van der Waals surface area contributed by atoms with Crippen molar-refractivity contribution in [2.75, 3.05) is 0 Å². The van der Waals surface area contributed by atoms with Gasteiger partial charge >= 0.3 is 0 Å².